The van der Waals surface area contributed by atoms with Gasteiger partial charge in [-0.05, 0) is 42.1 Å². The lowest BCUT2D eigenvalue weighted by Crippen LogP contribution is -2.27. The number of H-pyrrole nitrogens is 1. The van der Waals surface area contributed by atoms with Crippen LogP contribution in [0.3, 0.4) is 0 Å². The van der Waals surface area contributed by atoms with Crippen molar-refractivity contribution in [2.75, 3.05) is 0 Å². The Labute approximate surface area is 123 Å². The number of carbonyl (C=O) groups excluding carboxylic acids is 1. The summed E-state index contributed by atoms with van der Waals surface area (Å²) >= 11 is 1.54. The Morgan fingerprint density at radius 2 is 2.05 bits per heavy atom. The molecule has 0 unspecified atom stereocenters. The molecule has 0 saturated heterocycles. The van der Waals surface area contributed by atoms with Crippen molar-refractivity contribution in [2.45, 2.75) is 13.0 Å². The zero-order valence-electron chi connectivity index (χ0n) is 11.1. The van der Waals surface area contributed by atoms with Gasteiger partial charge in [-0.15, -0.1) is 11.3 Å². The third-order valence-corrected chi connectivity index (χ3v) is 4.14. The van der Waals surface area contributed by atoms with Gasteiger partial charge in [-0.2, -0.15) is 0 Å². The van der Waals surface area contributed by atoms with Crippen LogP contribution in [-0.2, 0) is 0 Å². The van der Waals surface area contributed by atoms with E-state index in [1.165, 1.54) is 6.07 Å². The summed E-state index contributed by atoms with van der Waals surface area (Å²) in [7, 11) is 0. The molecule has 1 atom stereocenters. The average molecular weight is 306 g/mol. The molecule has 0 bridgehead atoms. The Balaban J connectivity index is 1.77. The molecular weight excluding hydrogens is 294 g/mol. The molecule has 3 nitrogen and oxygen atoms in total. The first-order valence-electron chi connectivity index (χ1n) is 6.36. The maximum Gasteiger partial charge on any atom is 0.268 e. The van der Waals surface area contributed by atoms with Gasteiger partial charge in [0, 0.05) is 0 Å². The van der Waals surface area contributed by atoms with Crippen molar-refractivity contribution in [3.8, 4) is 0 Å². The highest BCUT2D eigenvalue weighted by molar-refractivity contribution is 7.17. The van der Waals surface area contributed by atoms with Crippen LogP contribution in [0.4, 0.5) is 8.78 Å². The maximum atomic E-state index is 13.2. The van der Waals surface area contributed by atoms with Crippen LogP contribution in [0.15, 0.2) is 35.7 Å². The molecule has 6 heteroatoms. The average Bonchev–Trinajstić information content (AvgIpc) is 3.02. The second-order valence-electron chi connectivity index (χ2n) is 4.75. The highest BCUT2D eigenvalue weighted by atomic mass is 32.1. The number of halogens is 2. The minimum atomic E-state index is -0.922. The molecule has 0 aliphatic rings. The van der Waals surface area contributed by atoms with Crippen molar-refractivity contribution >= 4 is 27.5 Å². The number of nitrogens with one attached hydrogen (secondary N) is 2. The molecule has 3 rings (SSSR count). The zero-order valence-corrected chi connectivity index (χ0v) is 11.9. The lowest BCUT2D eigenvalue weighted by molar-refractivity contribution is 0.0935. The number of thiophene rings is 1. The summed E-state index contributed by atoms with van der Waals surface area (Å²) in [4.78, 5) is 15.2. The van der Waals surface area contributed by atoms with Crippen LogP contribution in [0.5, 0.6) is 0 Å². The molecule has 0 aliphatic heterocycles. The first-order valence-corrected chi connectivity index (χ1v) is 7.24. The smallest absolute Gasteiger partial charge is 0.268 e. The summed E-state index contributed by atoms with van der Waals surface area (Å²) in [5, 5.41) is 4.69. The topological polar surface area (TPSA) is 44.9 Å². The van der Waals surface area contributed by atoms with Crippen molar-refractivity contribution < 1.29 is 13.6 Å². The number of carbonyl (C=O) groups is 1. The van der Waals surface area contributed by atoms with Gasteiger partial charge in [0.25, 0.3) is 5.91 Å². The third kappa shape index (κ3) is 2.67. The van der Waals surface area contributed by atoms with E-state index in [4.69, 9.17) is 0 Å². The number of benzene rings is 1. The summed E-state index contributed by atoms with van der Waals surface area (Å²) in [5.41, 5.74) is 1.87. The minimum Gasteiger partial charge on any atom is -0.350 e. The Kier molecular flexibility index (Phi) is 3.47. The van der Waals surface area contributed by atoms with Gasteiger partial charge >= 0.3 is 0 Å². The van der Waals surface area contributed by atoms with E-state index in [1.54, 1.807) is 24.3 Å². The van der Waals surface area contributed by atoms with Crippen LogP contribution >= 0.6 is 11.3 Å². The largest absolute Gasteiger partial charge is 0.350 e. The Bertz CT molecular complexity index is 780. The zero-order chi connectivity index (χ0) is 15.0. The fourth-order valence-electron chi connectivity index (χ4n) is 2.11. The minimum absolute atomic E-state index is 0.282. The molecule has 108 valence electrons. The molecule has 0 fully saturated rings. The van der Waals surface area contributed by atoms with Gasteiger partial charge < -0.3 is 10.3 Å². The second-order valence-corrected chi connectivity index (χ2v) is 5.70. The van der Waals surface area contributed by atoms with Crippen LogP contribution < -0.4 is 5.32 Å². The summed E-state index contributed by atoms with van der Waals surface area (Å²) in [6, 6.07) is 6.85. The Morgan fingerprint density at radius 3 is 2.76 bits per heavy atom. The summed E-state index contributed by atoms with van der Waals surface area (Å²) < 4.78 is 27.1. The van der Waals surface area contributed by atoms with E-state index in [0.717, 1.165) is 22.3 Å². The van der Waals surface area contributed by atoms with E-state index < -0.39 is 17.7 Å². The van der Waals surface area contributed by atoms with E-state index in [-0.39, 0.29) is 5.91 Å². The van der Waals surface area contributed by atoms with Crippen molar-refractivity contribution in [3.05, 3.63) is 58.6 Å². The molecule has 2 aromatic heterocycles. The fraction of sp³-hybridized carbons (Fsp3) is 0.133. The fourth-order valence-corrected chi connectivity index (χ4v) is 2.89. The van der Waals surface area contributed by atoms with E-state index in [9.17, 15) is 13.6 Å². The highest BCUT2D eigenvalue weighted by Crippen LogP contribution is 2.22. The summed E-state index contributed by atoms with van der Waals surface area (Å²) in [6.07, 6.45) is 0. The second kappa shape index (κ2) is 5.29. The van der Waals surface area contributed by atoms with E-state index >= 15 is 0 Å². The van der Waals surface area contributed by atoms with E-state index in [0.29, 0.717) is 11.3 Å². The number of fused-ring (bicyclic) bond motifs is 1. The lowest BCUT2D eigenvalue weighted by atomic mass is 10.1. The van der Waals surface area contributed by atoms with E-state index in [1.807, 2.05) is 11.4 Å². The van der Waals surface area contributed by atoms with Gasteiger partial charge in [0.1, 0.15) is 5.69 Å². The molecule has 1 amide bonds. The normalized spacial score (nSPS) is 12.5. The number of rotatable bonds is 3. The standard InChI is InChI=1S/C15H12F2N2OS/c1-8(9-2-3-10(16)11(17)6-9)18-15(20)13-7-14-12(19-13)4-5-21-14/h2-8,19H,1H3,(H,18,20)/t8-/m1/s1. The number of aromatic nitrogens is 1. The predicted octanol–water partition coefficient (Wildman–Crippen LogP) is 4.00. The van der Waals surface area contributed by atoms with Crippen LogP contribution in [0.25, 0.3) is 10.2 Å². The number of hydrogen-bond donors (Lipinski definition) is 2. The first-order chi connectivity index (χ1) is 10.0. The van der Waals surface area contributed by atoms with Crippen molar-refractivity contribution in [3.63, 3.8) is 0 Å². The highest BCUT2D eigenvalue weighted by Gasteiger charge is 2.15. The number of aromatic amines is 1. The quantitative estimate of drug-likeness (QED) is 0.755. The van der Waals surface area contributed by atoms with Crippen LogP contribution in [0, 0.1) is 11.6 Å². The van der Waals surface area contributed by atoms with Gasteiger partial charge in [0.15, 0.2) is 11.6 Å². The summed E-state index contributed by atoms with van der Waals surface area (Å²) in [6.45, 7) is 1.72. The Morgan fingerprint density at radius 1 is 1.24 bits per heavy atom. The summed E-state index contributed by atoms with van der Waals surface area (Å²) in [5.74, 6) is -2.11. The van der Waals surface area contributed by atoms with E-state index in [2.05, 4.69) is 10.3 Å². The van der Waals surface area contributed by atoms with Crippen LogP contribution in [0.1, 0.15) is 29.0 Å². The molecule has 0 radical (unpaired) electrons. The van der Waals surface area contributed by atoms with Gasteiger partial charge in [-0.3, -0.25) is 4.79 Å². The van der Waals surface area contributed by atoms with Crippen molar-refractivity contribution in [2.24, 2.45) is 0 Å². The molecule has 0 saturated carbocycles. The maximum absolute atomic E-state index is 13.2. The van der Waals surface area contributed by atoms with Crippen molar-refractivity contribution in [1.82, 2.24) is 10.3 Å². The first kappa shape index (κ1) is 13.8. The van der Waals surface area contributed by atoms with Gasteiger partial charge in [-0.1, -0.05) is 6.07 Å². The Hall–Kier alpha value is -2.21. The van der Waals surface area contributed by atoms with Crippen LogP contribution in [-0.4, -0.2) is 10.9 Å². The third-order valence-electron chi connectivity index (χ3n) is 3.28. The van der Waals surface area contributed by atoms with Crippen molar-refractivity contribution in [1.29, 1.82) is 0 Å². The molecule has 1 aromatic carbocycles. The van der Waals surface area contributed by atoms with Crippen LogP contribution in [0.2, 0.25) is 0 Å². The molecule has 0 aliphatic carbocycles. The molecule has 2 heterocycles. The monoisotopic (exact) mass is 306 g/mol. The molecule has 3 aromatic rings. The molecular formula is C15H12F2N2OS. The van der Waals surface area contributed by atoms with Gasteiger partial charge in [0.05, 0.1) is 16.3 Å². The van der Waals surface area contributed by atoms with Gasteiger partial charge in [0.2, 0.25) is 0 Å². The van der Waals surface area contributed by atoms with Gasteiger partial charge in [-0.25, -0.2) is 8.78 Å². The number of amides is 1. The number of hydrogen-bond acceptors (Lipinski definition) is 2. The predicted molar refractivity (Wildman–Crippen MR) is 78.4 cm³/mol. The molecule has 21 heavy (non-hydrogen) atoms. The molecule has 0 spiro atoms. The molecule has 2 N–H and O–H groups in total. The lowest BCUT2D eigenvalue weighted by Gasteiger charge is -2.14. The SMILES string of the molecule is C[C@@H](NC(=O)c1cc2sccc2[nH]1)c1ccc(F)c(F)c1.